The van der Waals surface area contributed by atoms with Gasteiger partial charge in [0.2, 0.25) is 11.8 Å². The Bertz CT molecular complexity index is 711. The molecule has 0 saturated carbocycles. The van der Waals surface area contributed by atoms with Crippen LogP contribution in [0.3, 0.4) is 0 Å². The minimum atomic E-state index is -0.949. The average Bonchev–Trinajstić information content (AvgIpc) is 2.45. The van der Waals surface area contributed by atoms with Crippen molar-refractivity contribution in [2.75, 3.05) is 11.9 Å². The number of anilines is 1. The van der Waals surface area contributed by atoms with E-state index in [0.29, 0.717) is 21.4 Å². The molecular formula is C16H16Cl2N2O4. The van der Waals surface area contributed by atoms with E-state index in [2.05, 4.69) is 10.6 Å². The summed E-state index contributed by atoms with van der Waals surface area (Å²) >= 11 is 11.8. The molecule has 2 rings (SSSR count). The van der Waals surface area contributed by atoms with Crippen LogP contribution in [-0.4, -0.2) is 24.4 Å². The van der Waals surface area contributed by atoms with Gasteiger partial charge in [-0.3, -0.25) is 9.59 Å². The molecule has 24 heavy (non-hydrogen) atoms. The Hall–Kier alpha value is -2.05. The van der Waals surface area contributed by atoms with Crippen molar-refractivity contribution in [1.29, 1.82) is 0 Å². The summed E-state index contributed by atoms with van der Waals surface area (Å²) in [6, 6.07) is 4.57. The Morgan fingerprint density at radius 2 is 1.92 bits per heavy atom. The van der Waals surface area contributed by atoms with E-state index in [9.17, 15) is 14.4 Å². The zero-order chi connectivity index (χ0) is 17.9. The molecule has 128 valence electrons. The van der Waals surface area contributed by atoms with Gasteiger partial charge in [-0.1, -0.05) is 23.2 Å². The molecule has 1 aromatic rings. The van der Waals surface area contributed by atoms with Gasteiger partial charge < -0.3 is 15.4 Å². The Morgan fingerprint density at radius 1 is 1.29 bits per heavy atom. The molecule has 6 nitrogen and oxygen atoms in total. The normalized spacial score (nSPS) is 17.3. The Morgan fingerprint density at radius 3 is 2.50 bits per heavy atom. The standard InChI is InChI=1S/C16H16Cl2N2O4/c1-3-24-16(23)14-8(2)19-13(21)7-12(14)15(22)20-11-5-9(17)4-10(18)6-11/h4-6,12H,3,7H2,1-2H3,(H,19,21)(H,20,22)/t12-/m0/s1. The number of amides is 2. The van der Waals surface area contributed by atoms with Crippen LogP contribution >= 0.6 is 23.2 Å². The molecule has 0 aliphatic carbocycles. The Labute approximate surface area is 149 Å². The number of nitrogens with one attached hydrogen (secondary N) is 2. The van der Waals surface area contributed by atoms with Crippen molar-refractivity contribution < 1.29 is 19.1 Å². The third kappa shape index (κ3) is 4.27. The van der Waals surface area contributed by atoms with Crippen molar-refractivity contribution >= 4 is 46.7 Å². The smallest absolute Gasteiger partial charge is 0.336 e. The van der Waals surface area contributed by atoms with Crippen LogP contribution in [-0.2, 0) is 19.1 Å². The monoisotopic (exact) mass is 370 g/mol. The number of esters is 1. The average molecular weight is 371 g/mol. The maximum absolute atomic E-state index is 12.6. The van der Waals surface area contributed by atoms with E-state index in [4.69, 9.17) is 27.9 Å². The van der Waals surface area contributed by atoms with Crippen molar-refractivity contribution in [2.45, 2.75) is 20.3 Å². The van der Waals surface area contributed by atoms with Gasteiger partial charge in [-0.2, -0.15) is 0 Å². The summed E-state index contributed by atoms with van der Waals surface area (Å²) in [6.45, 7) is 3.39. The lowest BCUT2D eigenvalue weighted by atomic mass is 9.89. The maximum atomic E-state index is 12.6. The first-order chi connectivity index (χ1) is 11.3. The predicted octanol–water partition coefficient (Wildman–Crippen LogP) is 2.91. The zero-order valence-corrected chi connectivity index (χ0v) is 14.6. The highest BCUT2D eigenvalue weighted by atomic mass is 35.5. The lowest BCUT2D eigenvalue weighted by Crippen LogP contribution is -2.40. The molecule has 2 N–H and O–H groups in total. The fraction of sp³-hybridized carbons (Fsp3) is 0.312. The summed E-state index contributed by atoms with van der Waals surface area (Å²) in [5.74, 6) is -2.43. The SMILES string of the molecule is CCOC(=O)C1=C(C)NC(=O)C[C@@H]1C(=O)Nc1cc(Cl)cc(Cl)c1. The van der Waals surface area contributed by atoms with Gasteiger partial charge in [-0.15, -0.1) is 0 Å². The van der Waals surface area contributed by atoms with Crippen molar-refractivity contribution in [2.24, 2.45) is 5.92 Å². The van der Waals surface area contributed by atoms with Crippen LogP contribution < -0.4 is 10.6 Å². The van der Waals surface area contributed by atoms with Crippen LogP contribution in [0.25, 0.3) is 0 Å². The Balaban J connectivity index is 2.29. The first kappa shape index (κ1) is 18.3. The third-order valence-electron chi connectivity index (χ3n) is 3.41. The second-order valence-corrected chi connectivity index (χ2v) is 6.08. The molecule has 0 bridgehead atoms. The molecule has 0 unspecified atom stereocenters. The number of hydrogen-bond donors (Lipinski definition) is 2. The summed E-state index contributed by atoms with van der Waals surface area (Å²) in [4.78, 5) is 36.5. The first-order valence-electron chi connectivity index (χ1n) is 7.26. The van der Waals surface area contributed by atoms with Gasteiger partial charge in [0.15, 0.2) is 0 Å². The van der Waals surface area contributed by atoms with E-state index < -0.39 is 17.8 Å². The number of rotatable bonds is 4. The molecule has 0 saturated heterocycles. The molecule has 0 spiro atoms. The molecule has 0 aromatic heterocycles. The summed E-state index contributed by atoms with van der Waals surface area (Å²) in [7, 11) is 0. The number of hydrogen-bond acceptors (Lipinski definition) is 4. The van der Waals surface area contributed by atoms with Crippen molar-refractivity contribution in [3.05, 3.63) is 39.5 Å². The molecule has 1 heterocycles. The lowest BCUT2D eigenvalue weighted by molar-refractivity contribution is -0.141. The molecule has 1 aliphatic heterocycles. The van der Waals surface area contributed by atoms with E-state index in [-0.39, 0.29) is 24.5 Å². The lowest BCUT2D eigenvalue weighted by Gasteiger charge is -2.25. The number of allylic oxidation sites excluding steroid dienone is 1. The fourth-order valence-corrected chi connectivity index (χ4v) is 2.99. The number of carbonyl (C=O) groups excluding carboxylic acids is 3. The highest BCUT2D eigenvalue weighted by Crippen LogP contribution is 2.27. The van der Waals surface area contributed by atoms with Crippen molar-refractivity contribution in [3.8, 4) is 0 Å². The molecule has 8 heteroatoms. The molecule has 2 amide bonds. The maximum Gasteiger partial charge on any atom is 0.336 e. The van der Waals surface area contributed by atoms with Crippen LogP contribution in [0.1, 0.15) is 20.3 Å². The summed E-state index contributed by atoms with van der Waals surface area (Å²) in [6.07, 6.45) is -0.147. The largest absolute Gasteiger partial charge is 0.463 e. The van der Waals surface area contributed by atoms with Crippen LogP contribution in [0.4, 0.5) is 5.69 Å². The second kappa shape index (κ2) is 7.68. The van der Waals surface area contributed by atoms with Crippen LogP contribution in [0.5, 0.6) is 0 Å². The molecule has 1 aliphatic rings. The van der Waals surface area contributed by atoms with Gasteiger partial charge in [0.05, 0.1) is 18.1 Å². The molecule has 1 aromatic carbocycles. The third-order valence-corrected chi connectivity index (χ3v) is 3.85. The van der Waals surface area contributed by atoms with Gasteiger partial charge >= 0.3 is 5.97 Å². The van der Waals surface area contributed by atoms with Gasteiger partial charge in [-0.25, -0.2) is 4.79 Å². The number of carbonyl (C=O) groups is 3. The number of benzene rings is 1. The minimum Gasteiger partial charge on any atom is -0.463 e. The number of halogens is 2. The molecule has 0 radical (unpaired) electrons. The van der Waals surface area contributed by atoms with E-state index >= 15 is 0 Å². The number of ether oxygens (including phenoxy) is 1. The van der Waals surface area contributed by atoms with Crippen LogP contribution in [0, 0.1) is 5.92 Å². The minimum absolute atomic E-state index is 0.141. The summed E-state index contributed by atoms with van der Waals surface area (Å²) in [5, 5.41) is 5.90. The molecule has 1 atom stereocenters. The van der Waals surface area contributed by atoms with Crippen molar-refractivity contribution in [1.82, 2.24) is 5.32 Å². The van der Waals surface area contributed by atoms with Gasteiger partial charge in [0, 0.05) is 27.9 Å². The van der Waals surface area contributed by atoms with E-state index in [0.717, 1.165) is 0 Å². The fourth-order valence-electron chi connectivity index (χ4n) is 2.46. The Kier molecular flexibility index (Phi) is 5.85. The van der Waals surface area contributed by atoms with Gasteiger partial charge in [0.25, 0.3) is 0 Å². The van der Waals surface area contributed by atoms with Gasteiger partial charge in [0.1, 0.15) is 0 Å². The second-order valence-electron chi connectivity index (χ2n) is 5.21. The molecular weight excluding hydrogens is 355 g/mol. The summed E-state index contributed by atoms with van der Waals surface area (Å²) < 4.78 is 4.99. The highest BCUT2D eigenvalue weighted by molar-refractivity contribution is 6.35. The predicted molar refractivity (Wildman–Crippen MR) is 90.7 cm³/mol. The summed E-state index contributed by atoms with van der Waals surface area (Å²) in [5.41, 5.74) is 0.834. The van der Waals surface area contributed by atoms with Crippen LogP contribution in [0.2, 0.25) is 10.0 Å². The van der Waals surface area contributed by atoms with E-state index in [1.165, 1.54) is 18.2 Å². The quantitative estimate of drug-likeness (QED) is 0.798. The zero-order valence-electron chi connectivity index (χ0n) is 13.1. The van der Waals surface area contributed by atoms with Gasteiger partial charge in [-0.05, 0) is 32.0 Å². The van der Waals surface area contributed by atoms with Crippen molar-refractivity contribution in [3.63, 3.8) is 0 Å². The van der Waals surface area contributed by atoms with E-state index in [1.807, 2.05) is 0 Å². The van der Waals surface area contributed by atoms with Crippen LogP contribution in [0.15, 0.2) is 29.5 Å². The highest BCUT2D eigenvalue weighted by Gasteiger charge is 2.36. The van der Waals surface area contributed by atoms with E-state index in [1.54, 1.807) is 13.8 Å². The first-order valence-corrected chi connectivity index (χ1v) is 8.02. The molecule has 0 fully saturated rings. The topological polar surface area (TPSA) is 84.5 Å².